The summed E-state index contributed by atoms with van der Waals surface area (Å²) in [6, 6.07) is 10.2. The van der Waals surface area contributed by atoms with Crippen molar-refractivity contribution >= 4 is 20.8 Å². The maximum Gasteiger partial charge on any atom is 0.138 e. The summed E-state index contributed by atoms with van der Waals surface area (Å²) in [5.74, 6) is 0. The maximum absolute atomic E-state index is 8.59. The fraction of sp³-hybridized carbons (Fsp3) is 0.312. The molecule has 6 heteroatoms. The molecule has 1 atom stereocenters. The number of aliphatic imine (C=N–C) groups is 1. The van der Waals surface area contributed by atoms with Crippen LogP contribution >= 0.6 is 0 Å². The van der Waals surface area contributed by atoms with E-state index in [2.05, 4.69) is 29.1 Å². The topological polar surface area (TPSA) is 66.9 Å². The number of hydrogen-bond acceptors (Lipinski definition) is 4. The Bertz CT molecular complexity index is 716. The second kappa shape index (κ2) is 6.79. The van der Waals surface area contributed by atoms with Crippen LogP contribution in [0.25, 0.3) is 5.03 Å². The van der Waals surface area contributed by atoms with Gasteiger partial charge in [0.05, 0.1) is 10.7 Å². The third kappa shape index (κ3) is 3.06. The Morgan fingerprint density at radius 3 is 2.73 bits per heavy atom. The molecule has 0 saturated heterocycles. The Labute approximate surface area is 132 Å². The minimum absolute atomic E-state index is 0.723. The van der Waals surface area contributed by atoms with E-state index in [4.69, 9.17) is 9.77 Å². The maximum atomic E-state index is 8.59. The van der Waals surface area contributed by atoms with E-state index >= 15 is 0 Å². The first kappa shape index (κ1) is 14.8. The highest BCUT2D eigenvalue weighted by Gasteiger charge is 2.25. The van der Waals surface area contributed by atoms with Crippen LogP contribution < -0.4 is 0 Å². The highest BCUT2D eigenvalue weighted by atomic mass is 32.2. The molecule has 0 radical (unpaired) electrons. The molecule has 1 N–H and O–H groups in total. The molecule has 0 saturated carbocycles. The van der Waals surface area contributed by atoms with Crippen LogP contribution in [-0.2, 0) is 17.1 Å². The number of nitrogens with zero attached hydrogens (tertiary/aromatic N) is 4. The van der Waals surface area contributed by atoms with Crippen LogP contribution in [0, 0.1) is 4.78 Å². The van der Waals surface area contributed by atoms with E-state index in [0.717, 1.165) is 41.5 Å². The van der Waals surface area contributed by atoms with Crippen molar-refractivity contribution in [2.45, 2.75) is 32.6 Å². The van der Waals surface area contributed by atoms with Crippen molar-refractivity contribution in [2.24, 2.45) is 4.99 Å². The molecule has 0 fully saturated rings. The molecule has 0 amide bonds. The van der Waals surface area contributed by atoms with Crippen molar-refractivity contribution in [1.29, 1.82) is 4.78 Å². The van der Waals surface area contributed by atoms with Crippen LogP contribution in [0.2, 0.25) is 0 Å². The standard InChI is InChI=1S/C16H19N5S/c1-2-3-9-14-16(21-12-18-11-19-21)22(17)15(20-14)10-13-7-5-4-6-8-13/h4-8,11-12,17H,2-3,9-10H2,1H3. The quantitative estimate of drug-likeness (QED) is 0.885. The van der Waals surface area contributed by atoms with Crippen molar-refractivity contribution in [1.82, 2.24) is 14.8 Å². The van der Waals surface area contributed by atoms with Gasteiger partial charge in [0.2, 0.25) is 0 Å². The molecule has 2 aromatic rings. The van der Waals surface area contributed by atoms with Crippen LogP contribution in [0.3, 0.4) is 0 Å². The highest BCUT2D eigenvalue weighted by molar-refractivity contribution is 8.09. The second-order valence-corrected chi connectivity index (χ2v) is 6.64. The molecule has 1 aromatic heterocycles. The Hall–Kier alpha value is -2.08. The van der Waals surface area contributed by atoms with Gasteiger partial charge >= 0.3 is 0 Å². The van der Waals surface area contributed by atoms with E-state index in [1.54, 1.807) is 11.0 Å². The molecule has 1 aliphatic rings. The highest BCUT2D eigenvalue weighted by Crippen LogP contribution is 2.29. The molecule has 0 bridgehead atoms. The van der Waals surface area contributed by atoms with Crippen molar-refractivity contribution in [3.63, 3.8) is 0 Å². The average molecular weight is 313 g/mol. The lowest BCUT2D eigenvalue weighted by Gasteiger charge is -2.07. The summed E-state index contributed by atoms with van der Waals surface area (Å²) < 4.78 is 10.3. The Balaban J connectivity index is 1.88. The summed E-state index contributed by atoms with van der Waals surface area (Å²) in [6.07, 6.45) is 6.98. The number of aromatic nitrogens is 3. The van der Waals surface area contributed by atoms with Crippen molar-refractivity contribution in [2.75, 3.05) is 0 Å². The summed E-state index contributed by atoms with van der Waals surface area (Å²) in [7, 11) is -0.772. The lowest BCUT2D eigenvalue weighted by molar-refractivity contribution is 0.777. The molecule has 0 spiro atoms. The smallest absolute Gasteiger partial charge is 0.138 e. The zero-order valence-electron chi connectivity index (χ0n) is 12.6. The monoisotopic (exact) mass is 313 g/mol. The van der Waals surface area contributed by atoms with Gasteiger partial charge in [0, 0.05) is 6.42 Å². The molecule has 22 heavy (non-hydrogen) atoms. The van der Waals surface area contributed by atoms with Crippen molar-refractivity contribution < 1.29 is 0 Å². The fourth-order valence-electron chi connectivity index (χ4n) is 2.40. The number of nitrogens with one attached hydrogen (secondary N) is 1. The third-order valence-electron chi connectivity index (χ3n) is 3.53. The fourth-order valence-corrected chi connectivity index (χ4v) is 3.80. The average Bonchev–Trinajstić information content (AvgIpc) is 3.15. The van der Waals surface area contributed by atoms with Crippen LogP contribution in [0.4, 0.5) is 0 Å². The lowest BCUT2D eigenvalue weighted by atomic mass is 10.2. The molecule has 1 unspecified atom stereocenters. The predicted octanol–water partition coefficient (Wildman–Crippen LogP) is 3.63. The van der Waals surface area contributed by atoms with Crippen LogP contribution in [0.1, 0.15) is 31.7 Å². The van der Waals surface area contributed by atoms with Crippen LogP contribution in [-0.4, -0.2) is 19.8 Å². The van der Waals surface area contributed by atoms with Gasteiger partial charge in [-0.25, -0.2) is 14.7 Å². The van der Waals surface area contributed by atoms with Gasteiger partial charge in [-0.05, 0) is 29.1 Å². The largest absolute Gasteiger partial charge is 0.268 e. The van der Waals surface area contributed by atoms with Crippen LogP contribution in [0.15, 0.2) is 53.7 Å². The zero-order valence-corrected chi connectivity index (χ0v) is 13.4. The third-order valence-corrected chi connectivity index (χ3v) is 5.04. The Kier molecular flexibility index (Phi) is 4.58. The van der Waals surface area contributed by atoms with Gasteiger partial charge in [0.15, 0.2) is 0 Å². The van der Waals surface area contributed by atoms with Gasteiger partial charge in [-0.15, -0.1) is 0 Å². The molecule has 1 aliphatic heterocycles. The van der Waals surface area contributed by atoms with Crippen molar-refractivity contribution in [3.8, 4) is 0 Å². The number of unbranched alkanes of at least 4 members (excludes halogenated alkanes) is 1. The molecule has 3 rings (SSSR count). The first-order valence-electron chi connectivity index (χ1n) is 7.44. The van der Waals surface area contributed by atoms with E-state index in [9.17, 15) is 0 Å². The Morgan fingerprint density at radius 1 is 1.23 bits per heavy atom. The first-order chi connectivity index (χ1) is 10.8. The molecule has 2 heterocycles. The van der Waals surface area contributed by atoms with Gasteiger partial charge in [-0.3, -0.25) is 4.78 Å². The molecular weight excluding hydrogens is 294 g/mol. The minimum atomic E-state index is -0.772. The Morgan fingerprint density at radius 2 is 2.05 bits per heavy atom. The summed E-state index contributed by atoms with van der Waals surface area (Å²) >= 11 is 0. The van der Waals surface area contributed by atoms with Crippen LogP contribution in [0.5, 0.6) is 0 Å². The molecule has 0 aliphatic carbocycles. The van der Waals surface area contributed by atoms with Gasteiger partial charge in [-0.1, -0.05) is 43.7 Å². The number of benzene rings is 1. The first-order valence-corrected chi connectivity index (χ1v) is 8.67. The van der Waals surface area contributed by atoms with E-state index in [-0.39, 0.29) is 0 Å². The van der Waals surface area contributed by atoms with E-state index in [1.165, 1.54) is 11.9 Å². The lowest BCUT2D eigenvalue weighted by Crippen LogP contribution is -2.10. The number of allylic oxidation sites excluding steroid dienone is 1. The molecule has 5 nitrogen and oxygen atoms in total. The normalized spacial score (nSPS) is 17.9. The van der Waals surface area contributed by atoms with Gasteiger partial charge < -0.3 is 0 Å². The predicted molar refractivity (Wildman–Crippen MR) is 90.4 cm³/mol. The molecular formula is C16H19N5S. The molecule has 114 valence electrons. The summed E-state index contributed by atoms with van der Waals surface area (Å²) in [5.41, 5.74) is 2.19. The van der Waals surface area contributed by atoms with Gasteiger partial charge in [-0.2, -0.15) is 5.10 Å². The summed E-state index contributed by atoms with van der Waals surface area (Å²) in [6.45, 7) is 2.17. The minimum Gasteiger partial charge on any atom is -0.268 e. The van der Waals surface area contributed by atoms with E-state index in [1.807, 2.05) is 18.2 Å². The summed E-state index contributed by atoms with van der Waals surface area (Å²) in [4.78, 5) is 8.78. The van der Waals surface area contributed by atoms with E-state index in [0.29, 0.717) is 0 Å². The zero-order chi connectivity index (χ0) is 15.4. The van der Waals surface area contributed by atoms with E-state index < -0.39 is 10.7 Å². The van der Waals surface area contributed by atoms with Gasteiger partial charge in [0.1, 0.15) is 17.7 Å². The van der Waals surface area contributed by atoms with Gasteiger partial charge in [0.25, 0.3) is 0 Å². The molecule has 1 aromatic carbocycles. The van der Waals surface area contributed by atoms with Crippen molar-refractivity contribution in [3.05, 3.63) is 54.2 Å². The number of hydrogen-bond donors (Lipinski definition) is 1. The second-order valence-electron chi connectivity index (χ2n) is 5.17. The number of rotatable bonds is 6. The summed E-state index contributed by atoms with van der Waals surface area (Å²) in [5, 5.41) is 6.02. The SMILES string of the molecule is CCCCC1=C(n2cncn2)S(=N)C(Cc2ccccc2)=N1.